The molecule has 2 aromatic rings. The van der Waals surface area contributed by atoms with Crippen LogP contribution in [0.25, 0.3) is 0 Å². The first-order valence-electron chi connectivity index (χ1n) is 9.15. The lowest BCUT2D eigenvalue weighted by Gasteiger charge is -2.31. The highest BCUT2D eigenvalue weighted by Gasteiger charge is 2.28. The van der Waals surface area contributed by atoms with Gasteiger partial charge in [0, 0.05) is 21.6 Å². The first kappa shape index (κ1) is 22.4. The highest BCUT2D eigenvalue weighted by atomic mass is 79.9. The lowest BCUT2D eigenvalue weighted by Crippen LogP contribution is -2.52. The molecule has 1 N–H and O–H groups in total. The Balaban J connectivity index is 2.23. The zero-order chi connectivity index (χ0) is 20.9. The predicted molar refractivity (Wildman–Crippen MR) is 117 cm³/mol. The third kappa shape index (κ3) is 6.95. The number of halogens is 2. The van der Waals surface area contributed by atoms with Gasteiger partial charge in [0.05, 0.1) is 6.42 Å². The molecule has 0 heterocycles. The molecule has 0 spiro atoms. The van der Waals surface area contributed by atoms with Crippen LogP contribution >= 0.6 is 27.5 Å². The highest BCUT2D eigenvalue weighted by Crippen LogP contribution is 2.17. The first-order valence-corrected chi connectivity index (χ1v) is 10.3. The highest BCUT2D eigenvalue weighted by molar-refractivity contribution is 9.10. The summed E-state index contributed by atoms with van der Waals surface area (Å²) in [6.07, 6.45) is 0.209. The van der Waals surface area contributed by atoms with Crippen LogP contribution < -0.4 is 5.32 Å². The van der Waals surface area contributed by atoms with E-state index >= 15 is 0 Å². The predicted octanol–water partition coefficient (Wildman–Crippen LogP) is 4.98. The van der Waals surface area contributed by atoms with Crippen LogP contribution in [0.1, 0.15) is 38.8 Å². The van der Waals surface area contributed by atoms with Gasteiger partial charge in [0.1, 0.15) is 6.04 Å². The third-order valence-corrected chi connectivity index (χ3v) is 4.98. The maximum absolute atomic E-state index is 13.1. The van der Waals surface area contributed by atoms with Gasteiger partial charge in [-0.25, -0.2) is 0 Å². The summed E-state index contributed by atoms with van der Waals surface area (Å²) < 4.78 is 0.966. The molecule has 0 bridgehead atoms. The molecule has 150 valence electrons. The van der Waals surface area contributed by atoms with Crippen molar-refractivity contribution in [1.29, 1.82) is 0 Å². The van der Waals surface area contributed by atoms with E-state index in [0.29, 0.717) is 11.6 Å². The second-order valence-electron chi connectivity index (χ2n) is 7.87. The van der Waals surface area contributed by atoms with Crippen molar-refractivity contribution < 1.29 is 9.59 Å². The Morgan fingerprint density at radius 1 is 1.04 bits per heavy atom. The number of rotatable bonds is 6. The van der Waals surface area contributed by atoms with E-state index in [2.05, 4.69) is 21.2 Å². The molecule has 6 heteroatoms. The average Bonchev–Trinajstić information content (AvgIpc) is 2.61. The zero-order valence-electron chi connectivity index (χ0n) is 16.6. The summed E-state index contributed by atoms with van der Waals surface area (Å²) in [5.41, 5.74) is 1.45. The van der Waals surface area contributed by atoms with E-state index in [4.69, 9.17) is 11.6 Å². The zero-order valence-corrected chi connectivity index (χ0v) is 19.0. The number of amides is 2. The Morgan fingerprint density at radius 2 is 1.57 bits per heavy atom. The lowest BCUT2D eigenvalue weighted by molar-refractivity contribution is -0.140. The average molecular weight is 466 g/mol. The monoisotopic (exact) mass is 464 g/mol. The van der Waals surface area contributed by atoms with Gasteiger partial charge in [0.25, 0.3) is 0 Å². The van der Waals surface area contributed by atoms with Gasteiger partial charge in [-0.15, -0.1) is 0 Å². The van der Waals surface area contributed by atoms with Crippen molar-refractivity contribution in [2.75, 3.05) is 0 Å². The van der Waals surface area contributed by atoms with Crippen molar-refractivity contribution in [3.05, 3.63) is 69.2 Å². The number of benzene rings is 2. The van der Waals surface area contributed by atoms with Gasteiger partial charge in [-0.3, -0.25) is 9.59 Å². The van der Waals surface area contributed by atoms with Gasteiger partial charge in [0.15, 0.2) is 0 Å². The van der Waals surface area contributed by atoms with E-state index in [0.717, 1.165) is 15.6 Å². The van der Waals surface area contributed by atoms with Gasteiger partial charge >= 0.3 is 0 Å². The fourth-order valence-corrected chi connectivity index (χ4v) is 3.11. The SMILES string of the molecule is C[C@H](C(=O)NC(C)(C)C)N(Cc1ccc(Br)cc1)C(=O)Cc1ccc(Cl)cc1. The summed E-state index contributed by atoms with van der Waals surface area (Å²) >= 11 is 9.35. The van der Waals surface area contributed by atoms with Gasteiger partial charge in [-0.05, 0) is 63.1 Å². The molecule has 2 rings (SSSR count). The van der Waals surface area contributed by atoms with Gasteiger partial charge in [-0.2, -0.15) is 0 Å². The number of nitrogens with zero attached hydrogens (tertiary/aromatic N) is 1. The molecule has 0 aliphatic heterocycles. The molecule has 2 aromatic carbocycles. The van der Waals surface area contributed by atoms with Crippen molar-refractivity contribution in [3.63, 3.8) is 0 Å². The van der Waals surface area contributed by atoms with Gasteiger partial charge < -0.3 is 10.2 Å². The second-order valence-corrected chi connectivity index (χ2v) is 9.22. The van der Waals surface area contributed by atoms with Crippen LogP contribution in [-0.4, -0.2) is 28.3 Å². The maximum Gasteiger partial charge on any atom is 0.242 e. The molecule has 0 saturated carbocycles. The quantitative estimate of drug-likeness (QED) is 0.654. The van der Waals surface area contributed by atoms with Gasteiger partial charge in [0.2, 0.25) is 11.8 Å². The van der Waals surface area contributed by atoms with E-state index < -0.39 is 6.04 Å². The number of carbonyl (C=O) groups is 2. The number of nitrogens with one attached hydrogen (secondary N) is 1. The van der Waals surface area contributed by atoms with E-state index in [1.807, 2.05) is 57.2 Å². The lowest BCUT2D eigenvalue weighted by atomic mass is 10.1. The number of hydrogen-bond acceptors (Lipinski definition) is 2. The Labute approximate surface area is 180 Å². The summed E-state index contributed by atoms with van der Waals surface area (Å²) in [7, 11) is 0. The smallest absolute Gasteiger partial charge is 0.242 e. The molecule has 28 heavy (non-hydrogen) atoms. The Kier molecular flexibility index (Phi) is 7.67. The van der Waals surface area contributed by atoms with Crippen molar-refractivity contribution >= 4 is 39.3 Å². The summed E-state index contributed by atoms with van der Waals surface area (Å²) in [6, 6.07) is 14.3. The van der Waals surface area contributed by atoms with Crippen LogP contribution in [0, 0.1) is 0 Å². The number of carbonyl (C=O) groups excluding carboxylic acids is 2. The Bertz CT molecular complexity index is 814. The van der Waals surface area contributed by atoms with Crippen molar-refractivity contribution in [2.45, 2.75) is 52.2 Å². The van der Waals surface area contributed by atoms with Crippen LogP contribution in [0.5, 0.6) is 0 Å². The standard InChI is InChI=1S/C22H26BrClN2O2/c1-15(21(28)25-22(2,3)4)26(14-17-5-9-18(23)10-6-17)20(27)13-16-7-11-19(24)12-8-16/h5-12,15H,13-14H2,1-4H3,(H,25,28)/t15-/m1/s1. The molecule has 1 atom stereocenters. The molecular formula is C22H26BrClN2O2. The van der Waals surface area contributed by atoms with Crippen LogP contribution in [0.3, 0.4) is 0 Å². The summed E-state index contributed by atoms with van der Waals surface area (Å²) in [4.78, 5) is 27.4. The second kappa shape index (κ2) is 9.57. The fraction of sp³-hybridized carbons (Fsp3) is 0.364. The molecule has 0 aliphatic rings. The molecule has 0 aromatic heterocycles. The fourth-order valence-electron chi connectivity index (χ4n) is 2.72. The van der Waals surface area contributed by atoms with Crippen LogP contribution in [0.4, 0.5) is 0 Å². The molecule has 0 radical (unpaired) electrons. The minimum Gasteiger partial charge on any atom is -0.350 e. The normalized spacial score (nSPS) is 12.4. The minimum atomic E-state index is -0.595. The third-order valence-electron chi connectivity index (χ3n) is 4.20. The maximum atomic E-state index is 13.1. The van der Waals surface area contributed by atoms with Gasteiger partial charge in [-0.1, -0.05) is 51.8 Å². The molecule has 0 unspecified atom stereocenters. The summed E-state index contributed by atoms with van der Waals surface area (Å²) in [5.74, 6) is -0.282. The largest absolute Gasteiger partial charge is 0.350 e. The molecule has 0 aliphatic carbocycles. The molecule has 0 saturated heterocycles. The van der Waals surface area contributed by atoms with Crippen molar-refractivity contribution in [2.24, 2.45) is 0 Å². The number of hydrogen-bond donors (Lipinski definition) is 1. The minimum absolute atomic E-state index is 0.109. The molecule has 0 fully saturated rings. The van der Waals surface area contributed by atoms with Crippen LogP contribution in [-0.2, 0) is 22.6 Å². The molecule has 4 nitrogen and oxygen atoms in total. The van der Waals surface area contributed by atoms with E-state index in [-0.39, 0.29) is 23.8 Å². The topological polar surface area (TPSA) is 49.4 Å². The Morgan fingerprint density at radius 3 is 2.11 bits per heavy atom. The summed E-state index contributed by atoms with van der Waals surface area (Å²) in [6.45, 7) is 7.89. The summed E-state index contributed by atoms with van der Waals surface area (Å²) in [5, 5.41) is 3.59. The first-order chi connectivity index (χ1) is 13.0. The molecule has 2 amide bonds. The van der Waals surface area contributed by atoms with Crippen LogP contribution in [0.2, 0.25) is 5.02 Å². The van der Waals surface area contributed by atoms with E-state index in [1.54, 1.807) is 24.0 Å². The van der Waals surface area contributed by atoms with E-state index in [1.165, 1.54) is 0 Å². The van der Waals surface area contributed by atoms with E-state index in [9.17, 15) is 9.59 Å². The molecular weight excluding hydrogens is 440 g/mol. The van der Waals surface area contributed by atoms with Crippen LogP contribution in [0.15, 0.2) is 53.0 Å². The Hall–Kier alpha value is -1.85. The van der Waals surface area contributed by atoms with Crippen molar-refractivity contribution in [3.8, 4) is 0 Å². The van der Waals surface area contributed by atoms with Crippen molar-refractivity contribution in [1.82, 2.24) is 10.2 Å².